The molecule has 0 amide bonds. The molecule has 3 nitrogen and oxygen atoms in total. The topological polar surface area (TPSA) is 31.0 Å². The molecule has 2 heterocycles. The third-order valence-corrected chi connectivity index (χ3v) is 5.83. The van der Waals surface area contributed by atoms with E-state index in [4.69, 9.17) is 14.2 Å². The van der Waals surface area contributed by atoms with Gasteiger partial charge in [0, 0.05) is 11.5 Å². The zero-order valence-electron chi connectivity index (χ0n) is 14.1. The highest BCUT2D eigenvalue weighted by molar-refractivity contribution is 5.22. The summed E-state index contributed by atoms with van der Waals surface area (Å²) in [6.07, 6.45) is 7.11. The van der Waals surface area contributed by atoms with E-state index in [2.05, 4.69) is 31.2 Å². The van der Waals surface area contributed by atoms with Gasteiger partial charge < -0.3 is 14.2 Å². The van der Waals surface area contributed by atoms with Crippen molar-refractivity contribution in [2.45, 2.75) is 51.4 Å². The Morgan fingerprint density at radius 2 is 1.48 bits per heavy atom. The highest BCUT2D eigenvalue weighted by Gasteiger charge is 2.34. The van der Waals surface area contributed by atoms with Crippen molar-refractivity contribution in [1.29, 1.82) is 0 Å². The molecule has 1 unspecified atom stereocenters. The number of benzene rings is 1. The minimum atomic E-state index is -0.171. The molecular formula is C20H28O3. The lowest BCUT2D eigenvalue weighted by Crippen LogP contribution is -2.34. The number of hydrogen-bond donors (Lipinski definition) is 0. The van der Waals surface area contributed by atoms with E-state index < -0.39 is 0 Å². The second-order valence-electron chi connectivity index (χ2n) is 7.64. The molecule has 1 atom stereocenters. The van der Waals surface area contributed by atoms with E-state index in [9.17, 15) is 0 Å². The van der Waals surface area contributed by atoms with Gasteiger partial charge in [0.1, 0.15) is 0 Å². The number of aryl methyl sites for hydroxylation is 1. The molecular weight excluding hydrogens is 288 g/mol. The Morgan fingerprint density at radius 1 is 0.826 bits per heavy atom. The standard InChI is InChI=1S/C20H28O3/c1-14-2-6-17(7-3-14)20-22-11-18(12-23-20)16-8-4-15(5-9-16)10-19-13-21-19/h2-3,6-7,15-16,18-20H,4-5,8-13H2,1H3. The predicted molar refractivity (Wildman–Crippen MR) is 89.1 cm³/mol. The smallest absolute Gasteiger partial charge is 0.183 e. The van der Waals surface area contributed by atoms with Crippen LogP contribution in [0.25, 0.3) is 0 Å². The zero-order valence-corrected chi connectivity index (χ0v) is 14.1. The van der Waals surface area contributed by atoms with E-state index in [1.54, 1.807) is 0 Å². The number of rotatable bonds is 4. The molecule has 2 aliphatic heterocycles. The SMILES string of the molecule is Cc1ccc(C2OCC(C3CCC(CC4CO4)CC3)CO2)cc1. The average molecular weight is 316 g/mol. The van der Waals surface area contributed by atoms with Crippen LogP contribution in [0, 0.1) is 24.7 Å². The Balaban J connectivity index is 1.24. The second kappa shape index (κ2) is 6.92. The highest BCUT2D eigenvalue weighted by atomic mass is 16.7. The summed E-state index contributed by atoms with van der Waals surface area (Å²) in [4.78, 5) is 0. The monoisotopic (exact) mass is 316 g/mol. The van der Waals surface area contributed by atoms with Crippen molar-refractivity contribution in [1.82, 2.24) is 0 Å². The number of hydrogen-bond acceptors (Lipinski definition) is 3. The Bertz CT molecular complexity index is 492. The molecule has 23 heavy (non-hydrogen) atoms. The first-order chi connectivity index (χ1) is 11.3. The maximum absolute atomic E-state index is 6.03. The first kappa shape index (κ1) is 15.6. The van der Waals surface area contributed by atoms with Crippen molar-refractivity contribution in [3.05, 3.63) is 35.4 Å². The van der Waals surface area contributed by atoms with Gasteiger partial charge in [0.2, 0.25) is 0 Å². The summed E-state index contributed by atoms with van der Waals surface area (Å²) in [5.41, 5.74) is 2.41. The minimum Gasteiger partial charge on any atom is -0.373 e. The Morgan fingerprint density at radius 3 is 2.09 bits per heavy atom. The van der Waals surface area contributed by atoms with Gasteiger partial charge in [-0.1, -0.05) is 42.7 Å². The molecule has 126 valence electrons. The molecule has 2 saturated heterocycles. The molecule has 3 heteroatoms. The van der Waals surface area contributed by atoms with Crippen LogP contribution >= 0.6 is 0 Å². The summed E-state index contributed by atoms with van der Waals surface area (Å²) < 4.78 is 17.4. The Kier molecular flexibility index (Phi) is 4.70. The van der Waals surface area contributed by atoms with Gasteiger partial charge in [-0.15, -0.1) is 0 Å². The Hall–Kier alpha value is -0.900. The summed E-state index contributed by atoms with van der Waals surface area (Å²) in [5.74, 6) is 2.25. The van der Waals surface area contributed by atoms with Gasteiger partial charge in [-0.3, -0.25) is 0 Å². The highest BCUT2D eigenvalue weighted by Crippen LogP contribution is 2.39. The van der Waals surface area contributed by atoms with Crippen LogP contribution in [-0.2, 0) is 14.2 Å². The van der Waals surface area contributed by atoms with Crippen molar-refractivity contribution in [3.63, 3.8) is 0 Å². The molecule has 1 aliphatic carbocycles. The molecule has 1 aromatic rings. The molecule has 0 spiro atoms. The minimum absolute atomic E-state index is 0.171. The third kappa shape index (κ3) is 3.96. The fourth-order valence-electron chi connectivity index (χ4n) is 4.18. The zero-order chi connectivity index (χ0) is 15.6. The quantitative estimate of drug-likeness (QED) is 0.778. The fourth-order valence-corrected chi connectivity index (χ4v) is 4.18. The van der Waals surface area contributed by atoms with Gasteiger partial charge in [-0.2, -0.15) is 0 Å². The van der Waals surface area contributed by atoms with Crippen LogP contribution in [0.15, 0.2) is 24.3 Å². The third-order valence-electron chi connectivity index (χ3n) is 5.83. The average Bonchev–Trinajstić information content (AvgIpc) is 3.41. The van der Waals surface area contributed by atoms with Crippen LogP contribution in [0.2, 0.25) is 0 Å². The second-order valence-corrected chi connectivity index (χ2v) is 7.64. The molecule has 4 rings (SSSR count). The van der Waals surface area contributed by atoms with Crippen LogP contribution < -0.4 is 0 Å². The van der Waals surface area contributed by atoms with Crippen LogP contribution in [0.4, 0.5) is 0 Å². The van der Waals surface area contributed by atoms with Crippen LogP contribution in [0.1, 0.15) is 49.5 Å². The molecule has 0 aromatic heterocycles. The number of ether oxygens (including phenoxy) is 3. The van der Waals surface area contributed by atoms with Gasteiger partial charge in [0.25, 0.3) is 0 Å². The van der Waals surface area contributed by atoms with Crippen LogP contribution in [0.5, 0.6) is 0 Å². The van der Waals surface area contributed by atoms with Gasteiger partial charge in [-0.05, 0) is 38.0 Å². The van der Waals surface area contributed by atoms with Crippen LogP contribution in [-0.4, -0.2) is 25.9 Å². The lowest BCUT2D eigenvalue weighted by molar-refractivity contribution is -0.214. The summed E-state index contributed by atoms with van der Waals surface area (Å²) >= 11 is 0. The van der Waals surface area contributed by atoms with Gasteiger partial charge in [0.05, 0.1) is 25.9 Å². The molecule has 1 saturated carbocycles. The van der Waals surface area contributed by atoms with Crippen molar-refractivity contribution < 1.29 is 14.2 Å². The van der Waals surface area contributed by atoms with E-state index in [-0.39, 0.29) is 6.29 Å². The molecule has 3 aliphatic rings. The molecule has 1 aromatic carbocycles. The summed E-state index contributed by atoms with van der Waals surface area (Å²) in [6.45, 7) is 4.80. The van der Waals surface area contributed by atoms with Crippen molar-refractivity contribution in [2.75, 3.05) is 19.8 Å². The molecule has 0 N–H and O–H groups in total. The van der Waals surface area contributed by atoms with Crippen molar-refractivity contribution in [2.24, 2.45) is 17.8 Å². The number of epoxide rings is 1. The van der Waals surface area contributed by atoms with E-state index in [0.29, 0.717) is 12.0 Å². The first-order valence-corrected chi connectivity index (χ1v) is 9.19. The molecule has 0 radical (unpaired) electrons. The lowest BCUT2D eigenvalue weighted by atomic mass is 9.75. The molecule has 3 fully saturated rings. The van der Waals surface area contributed by atoms with Gasteiger partial charge in [0.15, 0.2) is 6.29 Å². The van der Waals surface area contributed by atoms with Crippen molar-refractivity contribution in [3.8, 4) is 0 Å². The Labute approximate surface area is 139 Å². The predicted octanol–water partition coefficient (Wildman–Crippen LogP) is 4.25. The van der Waals surface area contributed by atoms with E-state index in [1.165, 1.54) is 37.7 Å². The maximum atomic E-state index is 6.03. The summed E-state index contributed by atoms with van der Waals surface area (Å²) in [7, 11) is 0. The lowest BCUT2D eigenvalue weighted by Gasteiger charge is -2.37. The fraction of sp³-hybridized carbons (Fsp3) is 0.700. The first-order valence-electron chi connectivity index (χ1n) is 9.19. The van der Waals surface area contributed by atoms with E-state index >= 15 is 0 Å². The van der Waals surface area contributed by atoms with Gasteiger partial charge >= 0.3 is 0 Å². The van der Waals surface area contributed by atoms with Crippen molar-refractivity contribution >= 4 is 0 Å². The summed E-state index contributed by atoms with van der Waals surface area (Å²) in [5, 5.41) is 0. The molecule has 0 bridgehead atoms. The van der Waals surface area contributed by atoms with E-state index in [1.807, 2.05) is 0 Å². The van der Waals surface area contributed by atoms with Gasteiger partial charge in [-0.25, -0.2) is 0 Å². The maximum Gasteiger partial charge on any atom is 0.183 e. The van der Waals surface area contributed by atoms with Crippen LogP contribution in [0.3, 0.4) is 0 Å². The van der Waals surface area contributed by atoms with E-state index in [0.717, 1.165) is 37.2 Å². The largest absolute Gasteiger partial charge is 0.373 e. The summed E-state index contributed by atoms with van der Waals surface area (Å²) in [6, 6.07) is 8.48. The normalized spacial score (nSPS) is 37.5.